The lowest BCUT2D eigenvalue weighted by atomic mass is 9.90. The van der Waals surface area contributed by atoms with E-state index in [0.29, 0.717) is 4.47 Å². The van der Waals surface area contributed by atoms with Crippen molar-refractivity contribution in [3.05, 3.63) is 62.0 Å². The largest absolute Gasteiger partial charge is 0.465 e. The summed E-state index contributed by atoms with van der Waals surface area (Å²) in [5.41, 5.74) is -0.331. The first kappa shape index (κ1) is 21.9. The molecule has 2 aromatic rings. The summed E-state index contributed by atoms with van der Waals surface area (Å²) < 4.78 is 47.0. The number of nitrogens with zero attached hydrogens (tertiary/aromatic N) is 1. The summed E-state index contributed by atoms with van der Waals surface area (Å²) in [5, 5.41) is 0.0847. The van der Waals surface area contributed by atoms with Crippen LogP contribution in [0.5, 0.6) is 0 Å². The van der Waals surface area contributed by atoms with Gasteiger partial charge in [-0.15, -0.1) is 0 Å². The molecule has 0 aliphatic carbocycles. The maximum Gasteiger partial charge on any atom is 0.424 e. The SMILES string of the molecule is COC(=O)c1cc(N=C2CC(c3cc(Cl)cc(Cl)c3)(C(F)(F)F)ON2)ccc1Br. The van der Waals surface area contributed by atoms with Crippen molar-refractivity contribution in [2.24, 2.45) is 4.99 Å². The zero-order valence-electron chi connectivity index (χ0n) is 14.6. The van der Waals surface area contributed by atoms with E-state index in [0.717, 1.165) is 12.1 Å². The Balaban J connectivity index is 2.00. The maximum absolute atomic E-state index is 14.0. The van der Waals surface area contributed by atoms with Crippen LogP contribution in [-0.2, 0) is 15.2 Å². The highest BCUT2D eigenvalue weighted by Gasteiger charge is 2.62. The molecule has 5 nitrogen and oxygen atoms in total. The van der Waals surface area contributed by atoms with Crippen molar-refractivity contribution >= 4 is 56.6 Å². The second-order valence-corrected chi connectivity index (χ2v) is 7.81. The third-order valence-electron chi connectivity index (χ3n) is 4.17. The Kier molecular flexibility index (Phi) is 6.14. The molecule has 1 atom stereocenters. The van der Waals surface area contributed by atoms with Gasteiger partial charge in [-0.1, -0.05) is 23.2 Å². The van der Waals surface area contributed by atoms with E-state index in [4.69, 9.17) is 28.0 Å². The number of halogens is 6. The number of amidine groups is 1. The molecule has 3 rings (SSSR count). The molecule has 154 valence electrons. The minimum absolute atomic E-state index is 0.0424. The number of rotatable bonds is 3. The molecule has 1 aliphatic rings. The van der Waals surface area contributed by atoms with Crippen LogP contribution >= 0.6 is 39.1 Å². The smallest absolute Gasteiger partial charge is 0.424 e. The number of aliphatic imine (C=N–C) groups is 1. The number of methoxy groups -OCH3 is 1. The minimum Gasteiger partial charge on any atom is -0.465 e. The fraction of sp³-hybridized carbons (Fsp3) is 0.222. The van der Waals surface area contributed by atoms with Crippen molar-refractivity contribution < 1.29 is 27.5 Å². The second kappa shape index (κ2) is 8.14. The Morgan fingerprint density at radius 3 is 2.48 bits per heavy atom. The van der Waals surface area contributed by atoms with Crippen molar-refractivity contribution in [3.8, 4) is 0 Å². The average molecular weight is 512 g/mol. The Bertz CT molecular complexity index is 981. The third kappa shape index (κ3) is 4.37. The zero-order valence-corrected chi connectivity index (χ0v) is 17.7. The van der Waals surface area contributed by atoms with Crippen LogP contribution in [0, 0.1) is 0 Å². The molecule has 2 aromatic carbocycles. The van der Waals surface area contributed by atoms with Crippen LogP contribution in [0.3, 0.4) is 0 Å². The van der Waals surface area contributed by atoms with Crippen LogP contribution in [0.2, 0.25) is 10.0 Å². The summed E-state index contributed by atoms with van der Waals surface area (Å²) in [7, 11) is 1.22. The van der Waals surface area contributed by atoms with E-state index in [1.165, 1.54) is 31.4 Å². The fourth-order valence-electron chi connectivity index (χ4n) is 2.79. The molecule has 1 fully saturated rings. The van der Waals surface area contributed by atoms with E-state index in [1.54, 1.807) is 0 Å². The molecule has 1 N–H and O–H groups in total. The van der Waals surface area contributed by atoms with Gasteiger partial charge in [0.1, 0.15) is 5.84 Å². The normalized spacial score (nSPS) is 20.6. The van der Waals surface area contributed by atoms with E-state index in [1.807, 2.05) is 0 Å². The Morgan fingerprint density at radius 1 is 1.24 bits per heavy atom. The molecule has 1 unspecified atom stereocenters. The molecular formula is C18H12BrCl2F3N2O3. The molecule has 1 aliphatic heterocycles. The number of alkyl halides is 3. The molecular weight excluding hydrogens is 500 g/mol. The lowest BCUT2D eigenvalue weighted by Crippen LogP contribution is -2.42. The third-order valence-corrected chi connectivity index (χ3v) is 5.29. The molecule has 0 saturated carbocycles. The average Bonchev–Trinajstić information content (AvgIpc) is 3.07. The number of carbonyl (C=O) groups is 1. The quantitative estimate of drug-likeness (QED) is 0.517. The van der Waals surface area contributed by atoms with Crippen molar-refractivity contribution in [3.63, 3.8) is 0 Å². The number of ether oxygens (including phenoxy) is 1. The van der Waals surface area contributed by atoms with Crippen LogP contribution < -0.4 is 5.48 Å². The van der Waals surface area contributed by atoms with Gasteiger partial charge in [-0.05, 0) is 57.9 Å². The molecule has 0 aromatic heterocycles. The van der Waals surface area contributed by atoms with Crippen molar-refractivity contribution in [1.82, 2.24) is 5.48 Å². The summed E-state index contributed by atoms with van der Waals surface area (Å²) in [4.78, 5) is 20.9. The summed E-state index contributed by atoms with van der Waals surface area (Å²) in [6.07, 6.45) is -5.43. The van der Waals surface area contributed by atoms with Gasteiger partial charge in [0.15, 0.2) is 0 Å². The van der Waals surface area contributed by atoms with E-state index in [-0.39, 0.29) is 32.7 Å². The van der Waals surface area contributed by atoms with Crippen LogP contribution in [-0.4, -0.2) is 25.1 Å². The molecule has 11 heteroatoms. The van der Waals surface area contributed by atoms with Crippen LogP contribution in [0.25, 0.3) is 0 Å². The Hall–Kier alpha value is -1.81. The highest BCUT2D eigenvalue weighted by Crippen LogP contribution is 2.48. The summed E-state index contributed by atoms with van der Waals surface area (Å²) >= 11 is 15.0. The number of nitrogens with one attached hydrogen (secondary N) is 1. The van der Waals surface area contributed by atoms with Crippen molar-refractivity contribution in [2.45, 2.75) is 18.2 Å². The van der Waals surface area contributed by atoms with E-state index in [9.17, 15) is 18.0 Å². The first-order chi connectivity index (χ1) is 13.6. The first-order valence-electron chi connectivity index (χ1n) is 7.98. The second-order valence-electron chi connectivity index (χ2n) is 6.08. The van der Waals surface area contributed by atoms with Gasteiger partial charge in [-0.3, -0.25) is 10.3 Å². The fourth-order valence-corrected chi connectivity index (χ4v) is 3.73. The molecule has 1 saturated heterocycles. The number of hydrogen-bond acceptors (Lipinski definition) is 4. The predicted molar refractivity (Wildman–Crippen MR) is 106 cm³/mol. The summed E-state index contributed by atoms with van der Waals surface area (Å²) in [6.45, 7) is 0. The van der Waals surface area contributed by atoms with Gasteiger partial charge in [0.25, 0.3) is 0 Å². The highest BCUT2D eigenvalue weighted by molar-refractivity contribution is 9.10. The molecule has 0 radical (unpaired) electrons. The van der Waals surface area contributed by atoms with Gasteiger partial charge in [-0.25, -0.2) is 9.79 Å². The highest BCUT2D eigenvalue weighted by atomic mass is 79.9. The zero-order chi connectivity index (χ0) is 21.4. The lowest BCUT2D eigenvalue weighted by molar-refractivity contribution is -0.282. The number of benzene rings is 2. The van der Waals surface area contributed by atoms with E-state index in [2.05, 4.69) is 31.1 Å². The van der Waals surface area contributed by atoms with Crippen molar-refractivity contribution in [1.29, 1.82) is 0 Å². The van der Waals surface area contributed by atoms with Gasteiger partial charge in [0, 0.05) is 14.5 Å². The van der Waals surface area contributed by atoms with Crippen LogP contribution in [0.4, 0.5) is 18.9 Å². The molecule has 0 spiro atoms. The predicted octanol–water partition coefficient (Wildman–Crippen LogP) is 5.96. The van der Waals surface area contributed by atoms with Gasteiger partial charge in [-0.2, -0.15) is 13.2 Å². The van der Waals surface area contributed by atoms with Crippen LogP contribution in [0.15, 0.2) is 45.9 Å². The number of esters is 1. The molecule has 29 heavy (non-hydrogen) atoms. The molecule has 0 bridgehead atoms. The van der Waals surface area contributed by atoms with Crippen molar-refractivity contribution in [2.75, 3.05) is 7.11 Å². The van der Waals surface area contributed by atoms with Gasteiger partial charge in [0.05, 0.1) is 24.8 Å². The number of carbonyl (C=O) groups excluding carboxylic acids is 1. The topological polar surface area (TPSA) is 59.9 Å². The molecule has 1 heterocycles. The summed E-state index contributed by atoms with van der Waals surface area (Å²) in [6, 6.07) is 8.05. The summed E-state index contributed by atoms with van der Waals surface area (Å²) in [5.74, 6) is -0.704. The Labute approximate surface area is 181 Å². The standard InChI is InChI=1S/C18H12BrCl2F3N2O3/c1-28-16(27)13-7-12(2-3-14(13)19)25-15-8-17(29-26-15,18(22,23)24)9-4-10(20)6-11(21)5-9/h2-7H,8H2,1H3,(H,25,26). The first-order valence-corrected chi connectivity index (χ1v) is 9.53. The minimum atomic E-state index is -4.79. The van der Waals surface area contributed by atoms with E-state index >= 15 is 0 Å². The van der Waals surface area contributed by atoms with Gasteiger partial charge < -0.3 is 4.74 Å². The number of hydroxylamine groups is 1. The van der Waals surface area contributed by atoms with Gasteiger partial charge >= 0.3 is 12.1 Å². The Morgan fingerprint density at radius 2 is 1.90 bits per heavy atom. The van der Waals surface area contributed by atoms with E-state index < -0.39 is 24.2 Å². The maximum atomic E-state index is 14.0. The van der Waals surface area contributed by atoms with Gasteiger partial charge in [0.2, 0.25) is 5.60 Å². The lowest BCUT2D eigenvalue weighted by Gasteiger charge is -2.29. The number of hydrogen-bond donors (Lipinski definition) is 1. The van der Waals surface area contributed by atoms with Crippen LogP contribution in [0.1, 0.15) is 22.3 Å². The monoisotopic (exact) mass is 510 g/mol. The molecule has 0 amide bonds.